The molecule has 2 saturated heterocycles. The number of urea groups is 1. The van der Waals surface area contributed by atoms with Gasteiger partial charge in [-0.15, -0.1) is 0 Å². The van der Waals surface area contributed by atoms with Crippen LogP contribution in [0.2, 0.25) is 0 Å². The molecule has 0 radical (unpaired) electrons. The molecule has 0 aromatic heterocycles. The highest BCUT2D eigenvalue weighted by Crippen LogP contribution is 2.35. The fourth-order valence-corrected chi connectivity index (χ4v) is 5.37. The molecule has 3 amide bonds. The van der Waals surface area contributed by atoms with Gasteiger partial charge in [-0.05, 0) is 24.0 Å². The molecular weight excluding hydrogens is 388 g/mol. The van der Waals surface area contributed by atoms with Crippen molar-refractivity contribution >= 4 is 11.9 Å². The van der Waals surface area contributed by atoms with E-state index in [1.54, 1.807) is 0 Å². The number of nitrogens with zero attached hydrogens (tertiary/aromatic N) is 3. The number of benzene rings is 2. The summed E-state index contributed by atoms with van der Waals surface area (Å²) in [7, 11) is 0. The van der Waals surface area contributed by atoms with Crippen molar-refractivity contribution in [2.45, 2.75) is 37.3 Å². The van der Waals surface area contributed by atoms with Crippen molar-refractivity contribution in [2.24, 2.45) is 0 Å². The van der Waals surface area contributed by atoms with Crippen LogP contribution in [-0.2, 0) is 4.79 Å². The van der Waals surface area contributed by atoms with Crippen molar-refractivity contribution in [3.8, 4) is 0 Å². The van der Waals surface area contributed by atoms with Crippen LogP contribution in [-0.4, -0.2) is 65.0 Å². The molecule has 1 N–H and O–H groups in total. The zero-order valence-corrected chi connectivity index (χ0v) is 17.9. The Hall–Kier alpha value is -2.70. The molecule has 2 aromatic carbocycles. The lowest BCUT2D eigenvalue weighted by Gasteiger charge is -2.40. The SMILES string of the molecule is O=C1NC2(CCCC2)C(=O)N1CN1CCN(C(c2ccccc2)c2ccccc2)CC1. The Morgan fingerprint density at radius 2 is 1.35 bits per heavy atom. The van der Waals surface area contributed by atoms with E-state index in [1.165, 1.54) is 16.0 Å². The molecule has 2 heterocycles. The highest BCUT2D eigenvalue weighted by Gasteiger charge is 2.52. The average Bonchev–Trinajstić information content (AvgIpc) is 3.37. The van der Waals surface area contributed by atoms with Crippen LogP contribution < -0.4 is 5.32 Å². The van der Waals surface area contributed by atoms with Gasteiger partial charge in [0, 0.05) is 26.2 Å². The molecule has 3 aliphatic rings. The number of rotatable bonds is 5. The van der Waals surface area contributed by atoms with E-state index in [9.17, 15) is 9.59 Å². The molecule has 2 aromatic rings. The van der Waals surface area contributed by atoms with E-state index in [0.717, 1.165) is 51.9 Å². The van der Waals surface area contributed by atoms with Crippen LogP contribution in [0.4, 0.5) is 4.79 Å². The zero-order valence-electron chi connectivity index (χ0n) is 17.9. The number of carbonyl (C=O) groups excluding carboxylic acids is 2. The number of amides is 3. The van der Waals surface area contributed by atoms with E-state index in [1.807, 2.05) is 0 Å². The van der Waals surface area contributed by atoms with Crippen LogP contribution in [0.3, 0.4) is 0 Å². The van der Waals surface area contributed by atoms with Crippen LogP contribution in [0.25, 0.3) is 0 Å². The van der Waals surface area contributed by atoms with Crippen LogP contribution in [0.15, 0.2) is 60.7 Å². The van der Waals surface area contributed by atoms with Gasteiger partial charge in [0.25, 0.3) is 5.91 Å². The molecule has 6 nitrogen and oxygen atoms in total. The first-order valence-corrected chi connectivity index (χ1v) is 11.4. The van der Waals surface area contributed by atoms with Gasteiger partial charge >= 0.3 is 6.03 Å². The first kappa shape index (κ1) is 20.2. The molecule has 5 rings (SSSR count). The predicted molar refractivity (Wildman–Crippen MR) is 119 cm³/mol. The molecule has 0 atom stereocenters. The summed E-state index contributed by atoms with van der Waals surface area (Å²) in [5.41, 5.74) is 1.96. The second-order valence-electron chi connectivity index (χ2n) is 8.97. The summed E-state index contributed by atoms with van der Waals surface area (Å²) in [6.45, 7) is 3.84. The van der Waals surface area contributed by atoms with Gasteiger partial charge in [0.1, 0.15) is 5.54 Å². The summed E-state index contributed by atoms with van der Waals surface area (Å²) in [5.74, 6) is -0.0242. The molecule has 1 spiro atoms. The summed E-state index contributed by atoms with van der Waals surface area (Å²) < 4.78 is 0. The van der Waals surface area contributed by atoms with Crippen LogP contribution in [0.5, 0.6) is 0 Å². The molecule has 6 heteroatoms. The van der Waals surface area contributed by atoms with Gasteiger partial charge in [-0.3, -0.25) is 14.6 Å². The fourth-order valence-electron chi connectivity index (χ4n) is 5.37. The van der Waals surface area contributed by atoms with E-state index in [-0.39, 0.29) is 18.0 Å². The van der Waals surface area contributed by atoms with Gasteiger partial charge in [-0.2, -0.15) is 0 Å². The van der Waals surface area contributed by atoms with E-state index in [4.69, 9.17) is 0 Å². The Bertz CT molecular complexity index is 880. The molecule has 1 saturated carbocycles. The third-order valence-electron chi connectivity index (χ3n) is 7.05. The van der Waals surface area contributed by atoms with E-state index in [0.29, 0.717) is 6.67 Å². The van der Waals surface area contributed by atoms with E-state index < -0.39 is 5.54 Å². The Kier molecular flexibility index (Phi) is 5.50. The molecule has 31 heavy (non-hydrogen) atoms. The van der Waals surface area contributed by atoms with Crippen molar-refractivity contribution in [2.75, 3.05) is 32.8 Å². The first-order chi connectivity index (χ1) is 15.2. The zero-order chi connectivity index (χ0) is 21.3. The quantitative estimate of drug-likeness (QED) is 0.758. The van der Waals surface area contributed by atoms with Gasteiger partial charge in [0.2, 0.25) is 0 Å². The summed E-state index contributed by atoms with van der Waals surface area (Å²) in [4.78, 5) is 31.7. The maximum absolute atomic E-state index is 13.0. The Labute approximate surface area is 183 Å². The molecule has 0 unspecified atom stereocenters. The van der Waals surface area contributed by atoms with Crippen LogP contribution >= 0.6 is 0 Å². The number of hydrogen-bond acceptors (Lipinski definition) is 4. The molecule has 1 aliphatic carbocycles. The maximum atomic E-state index is 13.0. The minimum absolute atomic E-state index is 0.0242. The van der Waals surface area contributed by atoms with Crippen LogP contribution in [0, 0.1) is 0 Å². The summed E-state index contributed by atoms with van der Waals surface area (Å²) in [5, 5.41) is 2.99. The largest absolute Gasteiger partial charge is 0.326 e. The number of piperazine rings is 1. The minimum atomic E-state index is -0.620. The normalized spacial score (nSPS) is 21.9. The maximum Gasteiger partial charge on any atom is 0.326 e. The van der Waals surface area contributed by atoms with Gasteiger partial charge in [0.05, 0.1) is 12.7 Å². The van der Waals surface area contributed by atoms with Gasteiger partial charge < -0.3 is 5.32 Å². The topological polar surface area (TPSA) is 55.9 Å². The smallest absolute Gasteiger partial charge is 0.323 e. The Morgan fingerprint density at radius 1 is 0.806 bits per heavy atom. The second kappa shape index (κ2) is 8.44. The van der Waals surface area contributed by atoms with Crippen LogP contribution in [0.1, 0.15) is 42.9 Å². The molecule has 0 bridgehead atoms. The number of hydrogen-bond donors (Lipinski definition) is 1. The monoisotopic (exact) mass is 418 g/mol. The lowest BCUT2D eigenvalue weighted by molar-refractivity contribution is -0.132. The summed E-state index contributed by atoms with van der Waals surface area (Å²) >= 11 is 0. The van der Waals surface area contributed by atoms with Gasteiger partial charge in [-0.1, -0.05) is 73.5 Å². The van der Waals surface area contributed by atoms with Gasteiger partial charge in [-0.25, -0.2) is 9.69 Å². The minimum Gasteiger partial charge on any atom is -0.323 e. The van der Waals surface area contributed by atoms with Crippen molar-refractivity contribution in [3.63, 3.8) is 0 Å². The number of nitrogens with one attached hydrogen (secondary N) is 1. The highest BCUT2D eigenvalue weighted by molar-refractivity contribution is 6.07. The average molecular weight is 419 g/mol. The lowest BCUT2D eigenvalue weighted by Crippen LogP contribution is -2.52. The van der Waals surface area contributed by atoms with Crippen molar-refractivity contribution in [3.05, 3.63) is 71.8 Å². The van der Waals surface area contributed by atoms with Gasteiger partial charge in [0.15, 0.2) is 0 Å². The molecule has 3 fully saturated rings. The number of imide groups is 1. The summed E-state index contributed by atoms with van der Waals surface area (Å²) in [6, 6.07) is 21.3. The third kappa shape index (κ3) is 3.86. The molecule has 162 valence electrons. The lowest BCUT2D eigenvalue weighted by atomic mass is 9.96. The van der Waals surface area contributed by atoms with Crippen molar-refractivity contribution < 1.29 is 9.59 Å². The summed E-state index contributed by atoms with van der Waals surface area (Å²) in [6.07, 6.45) is 3.58. The second-order valence-corrected chi connectivity index (χ2v) is 8.97. The van der Waals surface area contributed by atoms with E-state index >= 15 is 0 Å². The fraction of sp³-hybridized carbons (Fsp3) is 0.440. The number of carbonyl (C=O) groups is 2. The Balaban J connectivity index is 1.26. The molecular formula is C25H30N4O2. The predicted octanol–water partition coefficient (Wildman–Crippen LogP) is 3.22. The first-order valence-electron chi connectivity index (χ1n) is 11.4. The highest BCUT2D eigenvalue weighted by atomic mass is 16.2. The van der Waals surface area contributed by atoms with E-state index in [2.05, 4.69) is 75.8 Å². The van der Waals surface area contributed by atoms with Crippen molar-refractivity contribution in [1.29, 1.82) is 0 Å². The standard InChI is InChI=1S/C25H30N4O2/c30-23-25(13-7-8-14-25)26-24(31)29(23)19-27-15-17-28(18-16-27)22(20-9-3-1-4-10-20)21-11-5-2-6-12-21/h1-6,9-12,22H,7-8,13-19H2,(H,26,31). The third-order valence-corrected chi connectivity index (χ3v) is 7.05. The van der Waals surface area contributed by atoms with Crippen molar-refractivity contribution in [1.82, 2.24) is 20.0 Å². The Morgan fingerprint density at radius 3 is 1.90 bits per heavy atom. The molecule has 2 aliphatic heterocycles.